The molecule has 1 N–H and O–H groups in total. The van der Waals surface area contributed by atoms with Crippen molar-refractivity contribution in [3.05, 3.63) is 0 Å². The first-order valence-corrected chi connectivity index (χ1v) is 8.04. The minimum atomic E-state index is -0.701. The summed E-state index contributed by atoms with van der Waals surface area (Å²) < 4.78 is 11.7. The summed E-state index contributed by atoms with van der Waals surface area (Å²) in [5, 5.41) is 3.50. The maximum absolute atomic E-state index is 11.7. The van der Waals surface area contributed by atoms with Gasteiger partial charge in [0.15, 0.2) is 0 Å². The SMILES string of the molecule is C[S@+]([O-])C(C)(C)CC1CCC2(CCNC2)C1. The first-order valence-electron chi connectivity index (χ1n) is 6.48. The number of hydrogen-bond donors (Lipinski definition) is 1. The lowest BCUT2D eigenvalue weighted by atomic mass is 9.83. The molecule has 0 bridgehead atoms. The second-order valence-corrected chi connectivity index (χ2v) is 8.47. The zero-order valence-electron chi connectivity index (χ0n) is 10.8. The molecule has 0 radical (unpaired) electrons. The van der Waals surface area contributed by atoms with Crippen LogP contribution < -0.4 is 5.32 Å². The van der Waals surface area contributed by atoms with Crippen LogP contribution in [0.15, 0.2) is 0 Å². The molecule has 16 heavy (non-hydrogen) atoms. The third kappa shape index (κ3) is 2.57. The van der Waals surface area contributed by atoms with Crippen molar-refractivity contribution in [3.8, 4) is 0 Å². The van der Waals surface area contributed by atoms with Crippen LogP contribution in [0.4, 0.5) is 0 Å². The summed E-state index contributed by atoms with van der Waals surface area (Å²) in [7, 11) is 0. The Morgan fingerprint density at radius 3 is 2.75 bits per heavy atom. The fourth-order valence-electron chi connectivity index (χ4n) is 3.50. The van der Waals surface area contributed by atoms with Gasteiger partial charge in [0.2, 0.25) is 0 Å². The largest absolute Gasteiger partial charge is 0.616 e. The van der Waals surface area contributed by atoms with E-state index in [1.54, 1.807) is 0 Å². The van der Waals surface area contributed by atoms with Crippen LogP contribution in [-0.4, -0.2) is 28.6 Å². The van der Waals surface area contributed by atoms with E-state index in [-0.39, 0.29) is 4.75 Å². The Hall–Kier alpha value is 0.270. The van der Waals surface area contributed by atoms with E-state index in [0.717, 1.165) is 12.3 Å². The molecule has 1 spiro atoms. The van der Waals surface area contributed by atoms with Crippen molar-refractivity contribution in [2.75, 3.05) is 19.3 Å². The lowest BCUT2D eigenvalue weighted by Crippen LogP contribution is -2.33. The Balaban J connectivity index is 1.89. The van der Waals surface area contributed by atoms with Crippen LogP contribution in [0.1, 0.15) is 46.0 Å². The molecule has 0 amide bonds. The molecule has 2 rings (SSSR count). The maximum atomic E-state index is 11.7. The zero-order chi connectivity index (χ0) is 11.8. The average Bonchev–Trinajstić information content (AvgIpc) is 2.77. The minimum absolute atomic E-state index is 0.00221. The standard InChI is InChI=1S/C13H25NOS/c1-12(2,16(3)15)8-11-4-5-13(9-11)6-7-14-10-13/h11,14H,4-10H2,1-3H3/t11?,13?,16-/m0/s1. The quantitative estimate of drug-likeness (QED) is 0.772. The van der Waals surface area contributed by atoms with Gasteiger partial charge in [-0.2, -0.15) is 0 Å². The molecule has 1 aliphatic carbocycles. The lowest BCUT2D eigenvalue weighted by molar-refractivity contribution is 0.308. The number of hydrogen-bond acceptors (Lipinski definition) is 2. The van der Waals surface area contributed by atoms with Gasteiger partial charge in [-0.25, -0.2) is 0 Å². The summed E-state index contributed by atoms with van der Waals surface area (Å²) in [4.78, 5) is 0. The van der Waals surface area contributed by atoms with Gasteiger partial charge in [0.1, 0.15) is 4.75 Å². The summed E-state index contributed by atoms with van der Waals surface area (Å²) in [6, 6.07) is 0. The Labute approximate surface area is 103 Å². The number of nitrogens with one attached hydrogen (secondary N) is 1. The lowest BCUT2D eigenvalue weighted by Gasteiger charge is -2.29. The second-order valence-electron chi connectivity index (χ2n) is 6.45. The van der Waals surface area contributed by atoms with Crippen LogP contribution in [-0.2, 0) is 11.2 Å². The van der Waals surface area contributed by atoms with Gasteiger partial charge < -0.3 is 9.87 Å². The molecular weight excluding hydrogens is 218 g/mol. The van der Waals surface area contributed by atoms with E-state index in [4.69, 9.17) is 0 Å². The molecule has 2 aliphatic rings. The van der Waals surface area contributed by atoms with E-state index in [9.17, 15) is 4.55 Å². The first kappa shape index (κ1) is 12.7. The Morgan fingerprint density at radius 2 is 2.19 bits per heavy atom. The van der Waals surface area contributed by atoms with Crippen molar-refractivity contribution in [3.63, 3.8) is 0 Å². The van der Waals surface area contributed by atoms with Gasteiger partial charge in [-0.05, 0) is 57.4 Å². The van der Waals surface area contributed by atoms with E-state index in [1.807, 2.05) is 6.26 Å². The molecule has 94 valence electrons. The molecule has 1 saturated heterocycles. The van der Waals surface area contributed by atoms with Crippen molar-refractivity contribution < 1.29 is 4.55 Å². The van der Waals surface area contributed by atoms with E-state index in [2.05, 4.69) is 19.2 Å². The van der Waals surface area contributed by atoms with Crippen LogP contribution >= 0.6 is 0 Å². The van der Waals surface area contributed by atoms with Crippen LogP contribution in [0.25, 0.3) is 0 Å². The topological polar surface area (TPSA) is 35.1 Å². The van der Waals surface area contributed by atoms with Crippen molar-refractivity contribution in [2.45, 2.75) is 50.7 Å². The Kier molecular flexibility index (Phi) is 3.58. The van der Waals surface area contributed by atoms with Gasteiger partial charge in [-0.3, -0.25) is 0 Å². The van der Waals surface area contributed by atoms with E-state index >= 15 is 0 Å². The van der Waals surface area contributed by atoms with Crippen molar-refractivity contribution in [2.24, 2.45) is 11.3 Å². The fraction of sp³-hybridized carbons (Fsp3) is 1.00. The molecule has 2 nitrogen and oxygen atoms in total. The minimum Gasteiger partial charge on any atom is -0.616 e. The predicted molar refractivity (Wildman–Crippen MR) is 70.0 cm³/mol. The molecule has 3 heteroatoms. The molecule has 1 heterocycles. The molecule has 3 atom stereocenters. The van der Waals surface area contributed by atoms with Crippen LogP contribution in [0, 0.1) is 11.3 Å². The number of rotatable bonds is 3. The van der Waals surface area contributed by atoms with E-state index < -0.39 is 11.2 Å². The zero-order valence-corrected chi connectivity index (χ0v) is 11.7. The Bertz CT molecular complexity index is 246. The highest BCUT2D eigenvalue weighted by atomic mass is 32.2. The molecule has 0 aromatic carbocycles. The smallest absolute Gasteiger partial charge is 0.120 e. The average molecular weight is 243 g/mol. The van der Waals surface area contributed by atoms with Crippen molar-refractivity contribution in [1.29, 1.82) is 0 Å². The highest BCUT2D eigenvalue weighted by Gasteiger charge is 2.43. The maximum Gasteiger partial charge on any atom is 0.120 e. The van der Waals surface area contributed by atoms with Gasteiger partial charge in [0, 0.05) is 13.0 Å². The van der Waals surface area contributed by atoms with Crippen LogP contribution in [0.5, 0.6) is 0 Å². The highest BCUT2D eigenvalue weighted by Crippen LogP contribution is 2.48. The monoisotopic (exact) mass is 243 g/mol. The van der Waals surface area contributed by atoms with Crippen LogP contribution in [0.3, 0.4) is 0 Å². The van der Waals surface area contributed by atoms with Gasteiger partial charge in [-0.1, -0.05) is 11.2 Å². The second kappa shape index (κ2) is 4.51. The highest BCUT2D eigenvalue weighted by molar-refractivity contribution is 7.92. The summed E-state index contributed by atoms with van der Waals surface area (Å²) >= 11 is -0.701. The van der Waals surface area contributed by atoms with Crippen molar-refractivity contribution >= 4 is 11.2 Å². The third-order valence-electron chi connectivity index (χ3n) is 4.70. The van der Waals surface area contributed by atoms with E-state index in [1.165, 1.54) is 38.8 Å². The summed E-state index contributed by atoms with van der Waals surface area (Å²) in [5.41, 5.74) is 0.607. The molecule has 0 aromatic heterocycles. The molecule has 0 aromatic rings. The first-order chi connectivity index (χ1) is 7.44. The summed E-state index contributed by atoms with van der Waals surface area (Å²) in [6.07, 6.45) is 8.44. The van der Waals surface area contributed by atoms with Gasteiger partial charge in [0.25, 0.3) is 0 Å². The normalized spacial score (nSPS) is 37.1. The third-order valence-corrected chi connectivity index (χ3v) is 6.42. The predicted octanol–water partition coefficient (Wildman–Crippen LogP) is 2.31. The van der Waals surface area contributed by atoms with Crippen LogP contribution in [0.2, 0.25) is 0 Å². The molecular formula is C13H25NOS. The molecule has 1 aliphatic heterocycles. The van der Waals surface area contributed by atoms with Gasteiger partial charge in [0.05, 0.1) is 6.26 Å². The van der Waals surface area contributed by atoms with Gasteiger partial charge in [-0.15, -0.1) is 0 Å². The molecule has 1 saturated carbocycles. The van der Waals surface area contributed by atoms with Gasteiger partial charge >= 0.3 is 0 Å². The Morgan fingerprint density at radius 1 is 1.44 bits per heavy atom. The summed E-state index contributed by atoms with van der Waals surface area (Å²) in [5.74, 6) is 0.804. The molecule has 2 unspecified atom stereocenters. The fourth-order valence-corrected chi connectivity index (χ4v) is 3.97. The van der Waals surface area contributed by atoms with Crippen molar-refractivity contribution in [1.82, 2.24) is 5.32 Å². The van der Waals surface area contributed by atoms with E-state index in [0.29, 0.717) is 5.41 Å². The summed E-state index contributed by atoms with van der Waals surface area (Å²) in [6.45, 7) is 6.73. The molecule has 2 fully saturated rings.